The lowest BCUT2D eigenvalue weighted by atomic mass is 9.98. The van der Waals surface area contributed by atoms with Crippen molar-refractivity contribution in [3.8, 4) is 11.5 Å². The van der Waals surface area contributed by atoms with Gasteiger partial charge in [0, 0.05) is 38.8 Å². The molecule has 9 nitrogen and oxygen atoms in total. The monoisotopic (exact) mass is 441 g/mol. The van der Waals surface area contributed by atoms with Gasteiger partial charge in [-0.15, -0.1) is 0 Å². The van der Waals surface area contributed by atoms with Gasteiger partial charge in [0.15, 0.2) is 0 Å². The summed E-state index contributed by atoms with van der Waals surface area (Å²) in [4.78, 5) is 12.7. The number of methoxy groups -OCH3 is 2. The zero-order valence-corrected chi connectivity index (χ0v) is 18.4. The van der Waals surface area contributed by atoms with Gasteiger partial charge in [0.1, 0.15) is 11.5 Å². The summed E-state index contributed by atoms with van der Waals surface area (Å²) in [6.45, 7) is 2.66. The molecule has 3 rings (SSSR count). The van der Waals surface area contributed by atoms with Gasteiger partial charge < -0.3 is 19.5 Å². The van der Waals surface area contributed by atoms with E-state index in [1.165, 1.54) is 8.61 Å². The van der Waals surface area contributed by atoms with Crippen LogP contribution in [-0.4, -0.2) is 83.1 Å². The van der Waals surface area contributed by atoms with E-state index in [1.807, 2.05) is 18.2 Å². The predicted octanol–water partition coefficient (Wildman–Crippen LogP) is 0.652. The third-order valence-corrected chi connectivity index (χ3v) is 7.57. The fourth-order valence-corrected chi connectivity index (χ4v) is 5.49. The van der Waals surface area contributed by atoms with E-state index in [9.17, 15) is 13.2 Å². The SMILES string of the molecule is COc1ccc(CCNC(=O)C2CCCN(S(=O)(=O)N3CCOCC3)C2)c(OC)c1. The highest BCUT2D eigenvalue weighted by molar-refractivity contribution is 7.86. The Balaban J connectivity index is 1.53. The second kappa shape index (κ2) is 10.4. The highest BCUT2D eigenvalue weighted by Crippen LogP contribution is 2.25. The Labute approximate surface area is 178 Å². The van der Waals surface area contributed by atoms with Gasteiger partial charge in [0.25, 0.3) is 10.2 Å². The first kappa shape index (κ1) is 22.8. The Morgan fingerprint density at radius 2 is 1.93 bits per heavy atom. The van der Waals surface area contributed by atoms with Crippen molar-refractivity contribution in [1.82, 2.24) is 13.9 Å². The smallest absolute Gasteiger partial charge is 0.282 e. The van der Waals surface area contributed by atoms with Crippen LogP contribution in [0.25, 0.3) is 0 Å². The summed E-state index contributed by atoms with van der Waals surface area (Å²) >= 11 is 0. The number of morpholine rings is 1. The van der Waals surface area contributed by atoms with Gasteiger partial charge in [-0.1, -0.05) is 6.07 Å². The number of ether oxygens (including phenoxy) is 3. The molecular weight excluding hydrogens is 410 g/mol. The lowest BCUT2D eigenvalue weighted by Crippen LogP contribution is -2.53. The topological polar surface area (TPSA) is 97.4 Å². The Bertz CT molecular complexity index is 826. The van der Waals surface area contributed by atoms with E-state index in [0.717, 1.165) is 5.56 Å². The van der Waals surface area contributed by atoms with Crippen LogP contribution in [-0.2, 0) is 26.2 Å². The average Bonchev–Trinajstić information content (AvgIpc) is 2.79. The zero-order valence-electron chi connectivity index (χ0n) is 17.6. The first-order chi connectivity index (χ1) is 14.5. The van der Waals surface area contributed by atoms with Gasteiger partial charge in [0.05, 0.1) is 33.4 Å². The summed E-state index contributed by atoms with van der Waals surface area (Å²) in [7, 11) is -0.354. The van der Waals surface area contributed by atoms with Crippen LogP contribution in [0.5, 0.6) is 11.5 Å². The van der Waals surface area contributed by atoms with Crippen LogP contribution in [0, 0.1) is 5.92 Å². The number of rotatable bonds is 8. The van der Waals surface area contributed by atoms with Crippen molar-refractivity contribution in [2.45, 2.75) is 19.3 Å². The molecule has 168 valence electrons. The standard InChI is InChI=1S/C20H31N3O6S/c1-27-18-6-5-16(19(14-18)28-2)7-8-21-20(24)17-4-3-9-23(15-17)30(25,26)22-10-12-29-13-11-22/h5-6,14,17H,3-4,7-13,15H2,1-2H3,(H,21,24). The summed E-state index contributed by atoms with van der Waals surface area (Å²) in [6, 6.07) is 5.59. The molecule has 0 radical (unpaired) electrons. The molecule has 1 N–H and O–H groups in total. The zero-order chi connectivity index (χ0) is 21.6. The maximum absolute atomic E-state index is 12.9. The Kier molecular flexibility index (Phi) is 7.93. The molecule has 1 aromatic carbocycles. The van der Waals surface area contributed by atoms with Crippen LogP contribution < -0.4 is 14.8 Å². The largest absolute Gasteiger partial charge is 0.497 e. The minimum absolute atomic E-state index is 0.107. The Morgan fingerprint density at radius 1 is 1.17 bits per heavy atom. The second-order valence-corrected chi connectivity index (χ2v) is 9.36. The van der Waals surface area contributed by atoms with Gasteiger partial charge in [-0.25, -0.2) is 0 Å². The highest BCUT2D eigenvalue weighted by atomic mass is 32.2. The summed E-state index contributed by atoms with van der Waals surface area (Å²) < 4.78 is 44.5. The number of carbonyl (C=O) groups is 1. The van der Waals surface area contributed by atoms with E-state index in [4.69, 9.17) is 14.2 Å². The molecule has 1 aromatic rings. The number of nitrogens with zero attached hydrogens (tertiary/aromatic N) is 2. The van der Waals surface area contributed by atoms with E-state index in [1.54, 1.807) is 14.2 Å². The van der Waals surface area contributed by atoms with Crippen LogP contribution in [0.15, 0.2) is 18.2 Å². The molecule has 2 saturated heterocycles. The number of benzene rings is 1. The van der Waals surface area contributed by atoms with E-state index in [2.05, 4.69) is 5.32 Å². The number of hydrogen-bond donors (Lipinski definition) is 1. The molecule has 0 aliphatic carbocycles. The first-order valence-electron chi connectivity index (χ1n) is 10.3. The van der Waals surface area contributed by atoms with Gasteiger partial charge in [-0.05, 0) is 30.9 Å². The van der Waals surface area contributed by atoms with Crippen LogP contribution in [0.3, 0.4) is 0 Å². The van der Waals surface area contributed by atoms with Crippen molar-refractivity contribution in [2.24, 2.45) is 5.92 Å². The maximum Gasteiger partial charge on any atom is 0.282 e. The normalized spacial score (nSPS) is 21.2. The molecule has 2 aliphatic heterocycles. The molecule has 0 spiro atoms. The quantitative estimate of drug-likeness (QED) is 0.636. The summed E-state index contributed by atoms with van der Waals surface area (Å²) in [5.74, 6) is 0.976. The number of amides is 1. The molecule has 30 heavy (non-hydrogen) atoms. The van der Waals surface area contributed by atoms with Crippen LogP contribution in [0.1, 0.15) is 18.4 Å². The summed E-state index contributed by atoms with van der Waals surface area (Å²) in [5.41, 5.74) is 0.971. The molecule has 0 bridgehead atoms. The van der Waals surface area contributed by atoms with Crippen LogP contribution in [0.2, 0.25) is 0 Å². The molecule has 2 aliphatic rings. The fraction of sp³-hybridized carbons (Fsp3) is 0.650. The highest BCUT2D eigenvalue weighted by Gasteiger charge is 2.36. The summed E-state index contributed by atoms with van der Waals surface area (Å²) in [5, 5.41) is 2.95. The minimum atomic E-state index is -3.55. The molecule has 1 atom stereocenters. The number of carbonyl (C=O) groups excluding carboxylic acids is 1. The van der Waals surface area contributed by atoms with Crippen LogP contribution in [0.4, 0.5) is 0 Å². The number of hydrogen-bond acceptors (Lipinski definition) is 6. The number of nitrogens with one attached hydrogen (secondary N) is 1. The van der Waals surface area contributed by atoms with Gasteiger partial charge >= 0.3 is 0 Å². The molecule has 0 aromatic heterocycles. The molecule has 10 heteroatoms. The van der Waals surface area contributed by atoms with Crippen LogP contribution >= 0.6 is 0 Å². The molecule has 2 heterocycles. The number of piperidine rings is 1. The molecule has 0 saturated carbocycles. The summed E-state index contributed by atoms with van der Waals surface area (Å²) in [6.07, 6.45) is 1.97. The Morgan fingerprint density at radius 3 is 2.63 bits per heavy atom. The maximum atomic E-state index is 12.9. The van der Waals surface area contributed by atoms with Gasteiger partial charge in [-0.2, -0.15) is 17.0 Å². The third-order valence-electron chi connectivity index (χ3n) is 5.57. The van der Waals surface area contributed by atoms with Crippen molar-refractivity contribution in [3.63, 3.8) is 0 Å². The lowest BCUT2D eigenvalue weighted by Gasteiger charge is -2.36. The van der Waals surface area contributed by atoms with E-state index in [-0.39, 0.29) is 18.4 Å². The fourth-order valence-electron chi connectivity index (χ4n) is 3.83. The second-order valence-electron chi connectivity index (χ2n) is 7.44. The van der Waals surface area contributed by atoms with Gasteiger partial charge in [0.2, 0.25) is 5.91 Å². The molecular formula is C20H31N3O6S. The van der Waals surface area contributed by atoms with E-state index >= 15 is 0 Å². The van der Waals surface area contributed by atoms with Gasteiger partial charge in [-0.3, -0.25) is 4.79 Å². The molecule has 2 fully saturated rings. The Hall–Kier alpha value is -1.88. The molecule has 1 unspecified atom stereocenters. The minimum Gasteiger partial charge on any atom is -0.497 e. The van der Waals surface area contributed by atoms with Crippen molar-refractivity contribution in [1.29, 1.82) is 0 Å². The molecule has 1 amide bonds. The van der Waals surface area contributed by atoms with Crippen molar-refractivity contribution >= 4 is 16.1 Å². The van der Waals surface area contributed by atoms with Crippen molar-refractivity contribution in [2.75, 3.05) is 60.2 Å². The average molecular weight is 442 g/mol. The van der Waals surface area contributed by atoms with Crippen molar-refractivity contribution in [3.05, 3.63) is 23.8 Å². The van der Waals surface area contributed by atoms with E-state index < -0.39 is 10.2 Å². The lowest BCUT2D eigenvalue weighted by molar-refractivity contribution is -0.126. The van der Waals surface area contributed by atoms with Crippen molar-refractivity contribution < 1.29 is 27.4 Å². The predicted molar refractivity (Wildman–Crippen MR) is 112 cm³/mol. The third kappa shape index (κ3) is 5.42. The van der Waals surface area contributed by atoms with E-state index in [0.29, 0.717) is 70.2 Å². The first-order valence-corrected chi connectivity index (χ1v) is 11.7.